The van der Waals surface area contributed by atoms with Gasteiger partial charge in [0.2, 0.25) is 0 Å². The fourth-order valence-electron chi connectivity index (χ4n) is 3.20. The summed E-state index contributed by atoms with van der Waals surface area (Å²) in [6, 6.07) is 6.57. The maximum Gasteiger partial charge on any atom is 0.296 e. The lowest BCUT2D eigenvalue weighted by molar-refractivity contribution is -0.107. The molecule has 0 fully saturated rings. The molecule has 0 amide bonds. The van der Waals surface area contributed by atoms with Crippen LogP contribution >= 0.6 is 0 Å². The summed E-state index contributed by atoms with van der Waals surface area (Å²) in [6.45, 7) is 16.6. The Labute approximate surface area is 208 Å². The number of hydrogen-bond acceptors (Lipinski definition) is 6. The molecule has 0 heterocycles. The summed E-state index contributed by atoms with van der Waals surface area (Å²) in [7, 11) is -4.45. The van der Waals surface area contributed by atoms with Crippen molar-refractivity contribution in [3.8, 4) is 12.3 Å². The first-order valence-corrected chi connectivity index (χ1v) is 15.9. The SMILES string of the molecule is C#CC[C@H](C[C@@H](OCOC)[C@H](CC=C)COS(=O)(=O)c1ccc(C)cc1)O[Si](C)(C)C(C)(C)C. The van der Waals surface area contributed by atoms with Gasteiger partial charge in [-0.3, -0.25) is 4.18 Å². The van der Waals surface area contributed by atoms with Crippen molar-refractivity contribution in [2.75, 3.05) is 20.5 Å². The zero-order chi connectivity index (χ0) is 26.0. The predicted octanol–water partition coefficient (Wildman–Crippen LogP) is 5.69. The highest BCUT2D eigenvalue weighted by Gasteiger charge is 2.40. The van der Waals surface area contributed by atoms with E-state index in [-0.39, 0.29) is 35.4 Å². The van der Waals surface area contributed by atoms with E-state index < -0.39 is 24.5 Å². The summed E-state index contributed by atoms with van der Waals surface area (Å²) in [4.78, 5) is 0.122. The van der Waals surface area contributed by atoms with E-state index in [0.717, 1.165) is 5.56 Å². The van der Waals surface area contributed by atoms with Crippen molar-refractivity contribution in [3.63, 3.8) is 0 Å². The fraction of sp³-hybridized carbons (Fsp3) is 0.615. The monoisotopic (exact) mass is 510 g/mol. The van der Waals surface area contributed by atoms with E-state index in [1.54, 1.807) is 37.5 Å². The van der Waals surface area contributed by atoms with Gasteiger partial charge in [0, 0.05) is 19.4 Å². The largest absolute Gasteiger partial charge is 0.413 e. The lowest BCUT2D eigenvalue weighted by Crippen LogP contribution is -2.45. The van der Waals surface area contributed by atoms with Crippen LogP contribution in [-0.4, -0.2) is 49.5 Å². The normalized spacial score (nSPS) is 15.4. The van der Waals surface area contributed by atoms with Crippen LogP contribution in [0.5, 0.6) is 0 Å². The molecule has 0 radical (unpaired) electrons. The molecule has 0 saturated carbocycles. The van der Waals surface area contributed by atoms with Gasteiger partial charge in [-0.2, -0.15) is 8.42 Å². The Hall–Kier alpha value is -1.47. The van der Waals surface area contributed by atoms with Crippen molar-refractivity contribution in [3.05, 3.63) is 42.5 Å². The van der Waals surface area contributed by atoms with Crippen molar-refractivity contribution < 1.29 is 26.5 Å². The Balaban J connectivity index is 3.09. The van der Waals surface area contributed by atoms with Crippen LogP contribution in [0, 0.1) is 25.2 Å². The molecule has 0 aliphatic carbocycles. The van der Waals surface area contributed by atoms with E-state index in [1.807, 2.05) is 6.92 Å². The lowest BCUT2D eigenvalue weighted by atomic mass is 9.94. The van der Waals surface area contributed by atoms with E-state index in [2.05, 4.69) is 46.4 Å². The third-order valence-electron chi connectivity index (χ3n) is 6.25. The van der Waals surface area contributed by atoms with Crippen LogP contribution in [0.15, 0.2) is 41.8 Å². The second-order valence-corrected chi connectivity index (χ2v) is 16.5. The molecule has 3 atom stereocenters. The first-order chi connectivity index (χ1) is 15.8. The molecule has 0 saturated heterocycles. The zero-order valence-electron chi connectivity index (χ0n) is 21.8. The molecule has 34 heavy (non-hydrogen) atoms. The van der Waals surface area contributed by atoms with Gasteiger partial charge in [-0.15, -0.1) is 18.9 Å². The second-order valence-electron chi connectivity index (χ2n) is 10.1. The molecule has 1 aromatic carbocycles. The third kappa shape index (κ3) is 9.65. The van der Waals surface area contributed by atoms with E-state index in [0.29, 0.717) is 19.3 Å². The average molecular weight is 511 g/mol. The molecular weight excluding hydrogens is 468 g/mol. The van der Waals surface area contributed by atoms with Crippen molar-refractivity contribution in [1.82, 2.24) is 0 Å². The summed E-state index contributed by atoms with van der Waals surface area (Å²) in [5.74, 6) is 2.44. The summed E-state index contributed by atoms with van der Waals surface area (Å²) in [5.41, 5.74) is 0.970. The predicted molar refractivity (Wildman–Crippen MR) is 140 cm³/mol. The molecule has 0 aromatic heterocycles. The maximum absolute atomic E-state index is 12.8. The standard InChI is InChI=1S/C26H42O6SSi/c1-10-12-22(19-31-33(27,28)24-16-14-21(3)15-17-24)25(30-20-29-7)18-23(13-11-2)32-34(8,9)26(4,5)6/h2,10,14-17,22-23,25H,1,12-13,18-20H2,3-9H3/t22-,23-,25-/m1/s1. The minimum Gasteiger partial charge on any atom is -0.413 e. The molecule has 192 valence electrons. The van der Waals surface area contributed by atoms with Crippen molar-refractivity contribution in [2.24, 2.45) is 5.92 Å². The Morgan fingerprint density at radius 1 is 1.21 bits per heavy atom. The van der Waals surface area contributed by atoms with Crippen molar-refractivity contribution in [2.45, 2.75) is 82.2 Å². The molecule has 0 aliphatic rings. The van der Waals surface area contributed by atoms with Crippen molar-refractivity contribution >= 4 is 18.4 Å². The second kappa shape index (κ2) is 13.6. The van der Waals surface area contributed by atoms with Gasteiger partial charge in [0.15, 0.2) is 8.32 Å². The van der Waals surface area contributed by atoms with Gasteiger partial charge < -0.3 is 13.9 Å². The van der Waals surface area contributed by atoms with Crippen LogP contribution < -0.4 is 0 Å². The summed E-state index contributed by atoms with van der Waals surface area (Å²) in [5, 5.41) is 0.0223. The highest BCUT2D eigenvalue weighted by atomic mass is 32.2. The highest BCUT2D eigenvalue weighted by Crippen LogP contribution is 2.38. The fourth-order valence-corrected chi connectivity index (χ4v) is 5.53. The molecule has 6 nitrogen and oxygen atoms in total. The van der Waals surface area contributed by atoms with Gasteiger partial charge in [-0.25, -0.2) is 0 Å². The van der Waals surface area contributed by atoms with Gasteiger partial charge in [0.1, 0.15) is 6.79 Å². The number of ether oxygens (including phenoxy) is 2. The van der Waals surface area contributed by atoms with Gasteiger partial charge in [-0.05, 0) is 50.0 Å². The number of methoxy groups -OCH3 is 1. The Bertz CT molecular complexity index is 897. The summed E-state index contributed by atoms with van der Waals surface area (Å²) < 4.78 is 48.7. The zero-order valence-corrected chi connectivity index (χ0v) is 23.6. The topological polar surface area (TPSA) is 71.1 Å². The third-order valence-corrected chi connectivity index (χ3v) is 12.1. The smallest absolute Gasteiger partial charge is 0.296 e. The van der Waals surface area contributed by atoms with Gasteiger partial charge in [0.25, 0.3) is 10.1 Å². The number of terminal acetylenes is 1. The van der Waals surface area contributed by atoms with Crippen LogP contribution in [-0.2, 0) is 28.2 Å². The number of benzene rings is 1. The quantitative estimate of drug-likeness (QED) is 0.0993. The highest BCUT2D eigenvalue weighted by molar-refractivity contribution is 7.86. The molecule has 0 aliphatic heterocycles. The van der Waals surface area contributed by atoms with Crippen LogP contribution in [0.4, 0.5) is 0 Å². The molecule has 0 bridgehead atoms. The van der Waals surface area contributed by atoms with E-state index in [4.69, 9.17) is 24.5 Å². The van der Waals surface area contributed by atoms with Crippen molar-refractivity contribution in [1.29, 1.82) is 0 Å². The minimum absolute atomic E-state index is 0.0223. The average Bonchev–Trinajstić information content (AvgIpc) is 2.73. The minimum atomic E-state index is -3.91. The first-order valence-electron chi connectivity index (χ1n) is 11.6. The maximum atomic E-state index is 12.8. The number of aryl methyl sites for hydroxylation is 1. The Morgan fingerprint density at radius 2 is 1.82 bits per heavy atom. The van der Waals surface area contributed by atoms with Gasteiger partial charge in [0.05, 0.1) is 23.7 Å². The van der Waals surface area contributed by atoms with E-state index >= 15 is 0 Å². The molecular formula is C26H42O6SSi. The number of hydrogen-bond donors (Lipinski definition) is 0. The van der Waals surface area contributed by atoms with E-state index in [1.165, 1.54) is 0 Å². The molecule has 0 N–H and O–H groups in total. The van der Waals surface area contributed by atoms with Gasteiger partial charge in [-0.1, -0.05) is 44.5 Å². The lowest BCUT2D eigenvalue weighted by Gasteiger charge is -2.40. The molecule has 0 spiro atoms. The molecule has 1 rings (SSSR count). The molecule has 1 aromatic rings. The van der Waals surface area contributed by atoms with Crippen LogP contribution in [0.2, 0.25) is 18.1 Å². The Kier molecular flexibility index (Phi) is 12.2. The van der Waals surface area contributed by atoms with Gasteiger partial charge >= 0.3 is 0 Å². The first kappa shape index (κ1) is 30.6. The Morgan fingerprint density at radius 3 is 2.32 bits per heavy atom. The summed E-state index contributed by atoms with van der Waals surface area (Å²) in [6.07, 6.45) is 8.20. The van der Waals surface area contributed by atoms with Crippen LogP contribution in [0.25, 0.3) is 0 Å². The molecule has 0 unspecified atom stereocenters. The van der Waals surface area contributed by atoms with Crippen LogP contribution in [0.1, 0.15) is 45.6 Å². The van der Waals surface area contributed by atoms with Crippen LogP contribution in [0.3, 0.4) is 0 Å². The number of rotatable bonds is 15. The summed E-state index contributed by atoms with van der Waals surface area (Å²) >= 11 is 0. The van der Waals surface area contributed by atoms with E-state index in [9.17, 15) is 8.42 Å². The number of allylic oxidation sites excluding steroid dienone is 1. The molecule has 8 heteroatoms.